The van der Waals surface area contributed by atoms with Crippen molar-refractivity contribution in [3.63, 3.8) is 0 Å². The van der Waals surface area contributed by atoms with Crippen molar-refractivity contribution in [1.82, 2.24) is 10.3 Å². The quantitative estimate of drug-likeness (QED) is 0.840. The molecule has 4 heteroatoms. The monoisotopic (exact) mass is 242 g/mol. The lowest BCUT2D eigenvalue weighted by Gasteiger charge is -2.15. The van der Waals surface area contributed by atoms with Gasteiger partial charge >= 0.3 is 5.97 Å². The second kappa shape index (κ2) is 4.38. The van der Waals surface area contributed by atoms with Gasteiger partial charge in [-0.05, 0) is 23.8 Å². The number of nitrogens with one attached hydrogen (secondary N) is 1. The van der Waals surface area contributed by atoms with Crippen LogP contribution in [-0.4, -0.2) is 29.1 Å². The lowest BCUT2D eigenvalue weighted by atomic mass is 9.88. The number of aliphatic carboxylic acids is 1. The zero-order valence-electron chi connectivity index (χ0n) is 9.84. The number of rotatable bonds is 2. The predicted molar refractivity (Wildman–Crippen MR) is 68.5 cm³/mol. The van der Waals surface area contributed by atoms with E-state index in [0.717, 1.165) is 23.0 Å². The second-order valence-corrected chi connectivity index (χ2v) is 4.67. The summed E-state index contributed by atoms with van der Waals surface area (Å²) in [5.74, 6) is -1.01. The van der Waals surface area contributed by atoms with Gasteiger partial charge in [0.25, 0.3) is 0 Å². The molecule has 0 radical (unpaired) electrons. The summed E-state index contributed by atoms with van der Waals surface area (Å²) in [7, 11) is 0. The third kappa shape index (κ3) is 1.84. The normalized spacial score (nSPS) is 23.3. The molecule has 18 heavy (non-hydrogen) atoms. The first-order valence-electron chi connectivity index (χ1n) is 6.04. The van der Waals surface area contributed by atoms with Crippen molar-refractivity contribution in [1.29, 1.82) is 0 Å². The second-order valence-electron chi connectivity index (χ2n) is 4.67. The highest BCUT2D eigenvalue weighted by atomic mass is 16.4. The minimum atomic E-state index is -0.726. The molecule has 1 saturated heterocycles. The first-order valence-corrected chi connectivity index (χ1v) is 6.04. The highest BCUT2D eigenvalue weighted by Gasteiger charge is 2.33. The molecule has 4 nitrogen and oxygen atoms in total. The van der Waals surface area contributed by atoms with Crippen molar-refractivity contribution >= 4 is 16.9 Å². The third-order valence-corrected chi connectivity index (χ3v) is 3.59. The van der Waals surface area contributed by atoms with E-state index in [1.807, 2.05) is 24.3 Å². The van der Waals surface area contributed by atoms with E-state index in [-0.39, 0.29) is 11.8 Å². The molecule has 1 aliphatic rings. The Hall–Kier alpha value is -1.94. The molecule has 0 saturated carbocycles. The van der Waals surface area contributed by atoms with E-state index in [9.17, 15) is 9.90 Å². The number of carbonyl (C=O) groups is 1. The predicted octanol–water partition coefficient (Wildman–Crippen LogP) is 1.62. The van der Waals surface area contributed by atoms with Crippen LogP contribution in [0.25, 0.3) is 10.9 Å². The third-order valence-electron chi connectivity index (χ3n) is 3.59. The Labute approximate surface area is 105 Å². The molecule has 2 heterocycles. The Bertz CT molecular complexity index is 597. The fraction of sp³-hybridized carbons (Fsp3) is 0.286. The summed E-state index contributed by atoms with van der Waals surface area (Å²) in [5.41, 5.74) is 2.02. The van der Waals surface area contributed by atoms with E-state index in [0.29, 0.717) is 6.54 Å². The van der Waals surface area contributed by atoms with Gasteiger partial charge in [0, 0.05) is 30.6 Å². The van der Waals surface area contributed by atoms with E-state index in [4.69, 9.17) is 0 Å². The number of aromatic nitrogens is 1. The molecule has 0 spiro atoms. The van der Waals surface area contributed by atoms with Gasteiger partial charge in [0.15, 0.2) is 0 Å². The van der Waals surface area contributed by atoms with E-state index >= 15 is 0 Å². The highest BCUT2D eigenvalue weighted by Crippen LogP contribution is 2.30. The molecule has 0 bridgehead atoms. The van der Waals surface area contributed by atoms with E-state index < -0.39 is 5.97 Å². The molecule has 0 aliphatic carbocycles. The van der Waals surface area contributed by atoms with Crippen LogP contribution in [0.15, 0.2) is 36.5 Å². The highest BCUT2D eigenvalue weighted by molar-refractivity contribution is 5.80. The largest absolute Gasteiger partial charge is 0.481 e. The number of nitrogens with zero attached hydrogens (tertiary/aromatic N) is 1. The SMILES string of the molecule is O=C(O)C1CNCC1c1ccc2ncccc2c1. The van der Waals surface area contributed by atoms with Crippen LogP contribution in [-0.2, 0) is 4.79 Å². The number of carboxylic acids is 1. The standard InChI is InChI=1S/C14H14N2O2/c17-14(18)12-8-15-7-11(12)9-3-4-13-10(6-9)2-1-5-16-13/h1-6,11-12,15H,7-8H2,(H,17,18). The molecule has 2 atom stereocenters. The molecule has 2 unspecified atom stereocenters. The first kappa shape index (κ1) is 11.2. The van der Waals surface area contributed by atoms with Crippen LogP contribution < -0.4 is 5.32 Å². The summed E-state index contributed by atoms with van der Waals surface area (Å²) in [4.78, 5) is 15.5. The maximum Gasteiger partial charge on any atom is 0.308 e. The Balaban J connectivity index is 2.01. The maximum atomic E-state index is 11.2. The van der Waals surface area contributed by atoms with E-state index in [1.54, 1.807) is 6.20 Å². The summed E-state index contributed by atoms with van der Waals surface area (Å²) >= 11 is 0. The average molecular weight is 242 g/mol. The summed E-state index contributed by atoms with van der Waals surface area (Å²) in [6.45, 7) is 1.27. The zero-order chi connectivity index (χ0) is 12.5. The zero-order valence-corrected chi connectivity index (χ0v) is 9.84. The molecular formula is C14H14N2O2. The smallest absolute Gasteiger partial charge is 0.308 e. The number of benzene rings is 1. The fourth-order valence-corrected chi connectivity index (χ4v) is 2.61. The van der Waals surface area contributed by atoms with Crippen LogP contribution in [0.2, 0.25) is 0 Å². The molecular weight excluding hydrogens is 228 g/mol. The van der Waals surface area contributed by atoms with Crippen LogP contribution in [0.5, 0.6) is 0 Å². The van der Waals surface area contributed by atoms with Crippen molar-refractivity contribution in [2.75, 3.05) is 13.1 Å². The number of pyridine rings is 1. The fourth-order valence-electron chi connectivity index (χ4n) is 2.61. The minimum Gasteiger partial charge on any atom is -0.481 e. The maximum absolute atomic E-state index is 11.2. The molecule has 92 valence electrons. The topological polar surface area (TPSA) is 62.2 Å². The van der Waals surface area contributed by atoms with Crippen molar-refractivity contribution < 1.29 is 9.90 Å². The molecule has 2 aromatic rings. The lowest BCUT2D eigenvalue weighted by Crippen LogP contribution is -2.20. The van der Waals surface area contributed by atoms with Crippen LogP contribution in [0, 0.1) is 5.92 Å². The van der Waals surface area contributed by atoms with Crippen LogP contribution in [0.3, 0.4) is 0 Å². The minimum absolute atomic E-state index is 0.0482. The van der Waals surface area contributed by atoms with Gasteiger partial charge in [-0.3, -0.25) is 9.78 Å². The van der Waals surface area contributed by atoms with Gasteiger partial charge in [-0.25, -0.2) is 0 Å². The molecule has 1 aliphatic heterocycles. The van der Waals surface area contributed by atoms with Gasteiger partial charge in [-0.2, -0.15) is 0 Å². The first-order chi connectivity index (χ1) is 8.75. The van der Waals surface area contributed by atoms with E-state index in [1.165, 1.54) is 0 Å². The van der Waals surface area contributed by atoms with Crippen molar-refractivity contribution in [2.24, 2.45) is 5.92 Å². The lowest BCUT2D eigenvalue weighted by molar-refractivity contribution is -0.141. The Morgan fingerprint density at radius 1 is 1.33 bits per heavy atom. The molecule has 1 aromatic carbocycles. The van der Waals surface area contributed by atoms with Crippen molar-refractivity contribution in [3.05, 3.63) is 42.1 Å². The number of fused-ring (bicyclic) bond motifs is 1. The van der Waals surface area contributed by atoms with Gasteiger partial charge in [0.2, 0.25) is 0 Å². The Morgan fingerprint density at radius 2 is 2.22 bits per heavy atom. The van der Waals surface area contributed by atoms with Crippen LogP contribution >= 0.6 is 0 Å². The average Bonchev–Trinajstić information content (AvgIpc) is 2.87. The van der Waals surface area contributed by atoms with Crippen LogP contribution in [0.1, 0.15) is 11.5 Å². The van der Waals surface area contributed by atoms with Gasteiger partial charge in [-0.15, -0.1) is 0 Å². The molecule has 3 rings (SSSR count). The number of hydrogen-bond donors (Lipinski definition) is 2. The van der Waals surface area contributed by atoms with Gasteiger partial charge < -0.3 is 10.4 Å². The molecule has 1 aromatic heterocycles. The van der Waals surface area contributed by atoms with E-state index in [2.05, 4.69) is 16.4 Å². The molecule has 2 N–H and O–H groups in total. The van der Waals surface area contributed by atoms with Crippen LogP contribution in [0.4, 0.5) is 0 Å². The van der Waals surface area contributed by atoms with Gasteiger partial charge in [-0.1, -0.05) is 12.1 Å². The molecule has 0 amide bonds. The summed E-state index contributed by atoms with van der Waals surface area (Å²) in [6.07, 6.45) is 1.76. The van der Waals surface area contributed by atoms with Crippen molar-refractivity contribution in [3.8, 4) is 0 Å². The summed E-state index contributed by atoms with van der Waals surface area (Å²) in [6, 6.07) is 9.90. The number of hydrogen-bond acceptors (Lipinski definition) is 3. The number of carboxylic acid groups (broad SMARTS) is 1. The summed E-state index contributed by atoms with van der Waals surface area (Å²) in [5, 5.41) is 13.4. The van der Waals surface area contributed by atoms with Gasteiger partial charge in [0.1, 0.15) is 0 Å². The Morgan fingerprint density at radius 3 is 3.06 bits per heavy atom. The van der Waals surface area contributed by atoms with Gasteiger partial charge in [0.05, 0.1) is 11.4 Å². The summed E-state index contributed by atoms with van der Waals surface area (Å²) < 4.78 is 0. The Kier molecular flexibility index (Phi) is 2.72. The molecule has 1 fully saturated rings. The van der Waals surface area contributed by atoms with Crippen molar-refractivity contribution in [2.45, 2.75) is 5.92 Å².